The van der Waals surface area contributed by atoms with Gasteiger partial charge in [0, 0.05) is 18.8 Å². The molecule has 2 rings (SSSR count). The van der Waals surface area contributed by atoms with Crippen LogP contribution in [-0.2, 0) is 16.1 Å². The summed E-state index contributed by atoms with van der Waals surface area (Å²) in [6.07, 6.45) is 4.66. The minimum atomic E-state index is -0.362. The molecule has 23 heavy (non-hydrogen) atoms. The van der Waals surface area contributed by atoms with E-state index in [9.17, 15) is 9.59 Å². The Balaban J connectivity index is 1.88. The van der Waals surface area contributed by atoms with Crippen molar-refractivity contribution >= 4 is 18.0 Å². The maximum absolute atomic E-state index is 11.9. The van der Waals surface area contributed by atoms with E-state index in [1.54, 1.807) is 37.4 Å². The van der Waals surface area contributed by atoms with Crippen LogP contribution in [0.5, 0.6) is 0 Å². The van der Waals surface area contributed by atoms with Crippen LogP contribution in [0, 0.1) is 0 Å². The third-order valence-electron chi connectivity index (χ3n) is 3.03. The van der Waals surface area contributed by atoms with Crippen LogP contribution in [0.2, 0.25) is 0 Å². The number of nitrogens with one attached hydrogen (secondary N) is 1. The van der Waals surface area contributed by atoms with Gasteiger partial charge < -0.3 is 10.1 Å². The van der Waals surface area contributed by atoms with Gasteiger partial charge in [-0.3, -0.25) is 9.78 Å². The van der Waals surface area contributed by atoms with Crippen molar-refractivity contribution in [1.29, 1.82) is 0 Å². The first-order chi connectivity index (χ1) is 11.2. The van der Waals surface area contributed by atoms with Crippen LogP contribution in [0.1, 0.15) is 28.5 Å². The summed E-state index contributed by atoms with van der Waals surface area (Å²) >= 11 is 0. The molecule has 1 aromatic heterocycles. The Labute approximate surface area is 135 Å². The Morgan fingerprint density at radius 2 is 1.96 bits per heavy atom. The minimum Gasteiger partial charge on any atom is -0.463 e. The van der Waals surface area contributed by atoms with E-state index in [0.717, 1.165) is 11.1 Å². The lowest BCUT2D eigenvalue weighted by molar-refractivity contribution is -0.137. The first kappa shape index (κ1) is 16.4. The topological polar surface area (TPSA) is 68.3 Å². The molecule has 0 saturated carbocycles. The molecule has 1 amide bonds. The average Bonchev–Trinajstić information content (AvgIpc) is 2.60. The van der Waals surface area contributed by atoms with Crippen molar-refractivity contribution < 1.29 is 14.3 Å². The zero-order valence-electron chi connectivity index (χ0n) is 12.9. The molecule has 118 valence electrons. The quantitative estimate of drug-likeness (QED) is 0.658. The SMILES string of the molecule is CCOC(=O)/C=C/c1ccc(CNC(=O)c2ccccn2)cc1. The number of benzene rings is 1. The predicted molar refractivity (Wildman–Crippen MR) is 87.5 cm³/mol. The number of nitrogens with zero attached hydrogens (tertiary/aromatic N) is 1. The van der Waals surface area contributed by atoms with Gasteiger partial charge in [-0.1, -0.05) is 30.3 Å². The Bertz CT molecular complexity index is 679. The highest BCUT2D eigenvalue weighted by Gasteiger charge is 2.05. The molecular formula is C18H18N2O3. The van der Waals surface area contributed by atoms with Gasteiger partial charge in [-0.25, -0.2) is 4.79 Å². The van der Waals surface area contributed by atoms with Crippen LogP contribution in [0.4, 0.5) is 0 Å². The molecule has 2 aromatic rings. The summed E-state index contributed by atoms with van der Waals surface area (Å²) in [7, 11) is 0. The number of carbonyl (C=O) groups excluding carboxylic acids is 2. The molecule has 0 aliphatic rings. The van der Waals surface area contributed by atoms with Crippen molar-refractivity contribution in [2.45, 2.75) is 13.5 Å². The third-order valence-corrected chi connectivity index (χ3v) is 3.03. The van der Waals surface area contributed by atoms with Crippen molar-refractivity contribution in [2.24, 2.45) is 0 Å². The molecule has 0 radical (unpaired) electrons. The van der Waals surface area contributed by atoms with Gasteiger partial charge in [-0.05, 0) is 36.3 Å². The maximum Gasteiger partial charge on any atom is 0.330 e. The monoisotopic (exact) mass is 310 g/mol. The van der Waals surface area contributed by atoms with E-state index >= 15 is 0 Å². The van der Waals surface area contributed by atoms with Crippen LogP contribution in [0.25, 0.3) is 6.08 Å². The van der Waals surface area contributed by atoms with E-state index in [-0.39, 0.29) is 11.9 Å². The summed E-state index contributed by atoms with van der Waals surface area (Å²) in [5.41, 5.74) is 2.24. The van der Waals surface area contributed by atoms with Gasteiger partial charge in [0.05, 0.1) is 6.61 Å². The van der Waals surface area contributed by atoms with E-state index in [2.05, 4.69) is 10.3 Å². The van der Waals surface area contributed by atoms with E-state index in [1.807, 2.05) is 24.3 Å². The second kappa shape index (κ2) is 8.48. The number of amides is 1. The van der Waals surface area contributed by atoms with Gasteiger partial charge in [0.2, 0.25) is 0 Å². The van der Waals surface area contributed by atoms with Gasteiger partial charge in [0.25, 0.3) is 5.91 Å². The molecule has 5 heteroatoms. The number of hydrogen-bond donors (Lipinski definition) is 1. The first-order valence-corrected chi connectivity index (χ1v) is 7.32. The normalized spacial score (nSPS) is 10.5. The Kier molecular flexibility index (Phi) is 6.06. The van der Waals surface area contributed by atoms with Gasteiger partial charge in [-0.2, -0.15) is 0 Å². The Morgan fingerprint density at radius 3 is 2.61 bits per heavy atom. The number of hydrogen-bond acceptors (Lipinski definition) is 4. The molecule has 0 saturated heterocycles. The molecule has 0 bridgehead atoms. The third kappa shape index (κ3) is 5.39. The molecule has 0 atom stereocenters. The standard InChI is InChI=1S/C18H18N2O3/c1-2-23-17(21)11-10-14-6-8-15(9-7-14)13-20-18(22)16-5-3-4-12-19-16/h3-12H,2,13H2,1H3,(H,20,22)/b11-10+. The fourth-order valence-corrected chi connectivity index (χ4v) is 1.87. The molecular weight excluding hydrogens is 292 g/mol. The molecule has 0 aliphatic carbocycles. The number of aromatic nitrogens is 1. The van der Waals surface area contributed by atoms with Gasteiger partial charge in [0.15, 0.2) is 0 Å². The van der Waals surface area contributed by atoms with Gasteiger partial charge >= 0.3 is 5.97 Å². The number of ether oxygens (including phenoxy) is 1. The molecule has 0 spiro atoms. The van der Waals surface area contributed by atoms with E-state index in [0.29, 0.717) is 18.8 Å². The van der Waals surface area contributed by atoms with Crippen LogP contribution >= 0.6 is 0 Å². The largest absolute Gasteiger partial charge is 0.463 e. The Morgan fingerprint density at radius 1 is 1.17 bits per heavy atom. The van der Waals surface area contributed by atoms with Crippen LogP contribution in [-0.4, -0.2) is 23.5 Å². The lowest BCUT2D eigenvalue weighted by Gasteiger charge is -2.05. The molecule has 1 aromatic carbocycles. The minimum absolute atomic E-state index is 0.211. The summed E-state index contributed by atoms with van der Waals surface area (Å²) in [5.74, 6) is -0.573. The molecule has 5 nitrogen and oxygen atoms in total. The smallest absolute Gasteiger partial charge is 0.330 e. The Hall–Kier alpha value is -2.95. The summed E-state index contributed by atoms with van der Waals surface area (Å²) in [6, 6.07) is 12.7. The number of carbonyl (C=O) groups is 2. The van der Waals surface area contributed by atoms with E-state index < -0.39 is 0 Å². The van der Waals surface area contributed by atoms with E-state index in [1.165, 1.54) is 6.08 Å². The second-order valence-electron chi connectivity index (χ2n) is 4.72. The van der Waals surface area contributed by atoms with Crippen LogP contribution in [0.3, 0.4) is 0 Å². The summed E-state index contributed by atoms with van der Waals surface area (Å²) < 4.78 is 4.82. The highest BCUT2D eigenvalue weighted by atomic mass is 16.5. The molecule has 1 N–H and O–H groups in total. The van der Waals surface area contributed by atoms with Crippen molar-refractivity contribution in [1.82, 2.24) is 10.3 Å². The zero-order valence-corrected chi connectivity index (χ0v) is 12.9. The lowest BCUT2D eigenvalue weighted by Crippen LogP contribution is -2.23. The highest BCUT2D eigenvalue weighted by molar-refractivity contribution is 5.92. The average molecular weight is 310 g/mol. The number of pyridine rings is 1. The van der Waals surface area contributed by atoms with Crippen molar-refractivity contribution in [3.05, 3.63) is 71.6 Å². The molecule has 0 fully saturated rings. The molecule has 0 aliphatic heterocycles. The molecule has 1 heterocycles. The number of rotatable bonds is 6. The van der Waals surface area contributed by atoms with Crippen LogP contribution in [0.15, 0.2) is 54.7 Å². The summed E-state index contributed by atoms with van der Waals surface area (Å²) in [6.45, 7) is 2.54. The van der Waals surface area contributed by atoms with Crippen molar-refractivity contribution in [3.8, 4) is 0 Å². The van der Waals surface area contributed by atoms with Crippen LogP contribution < -0.4 is 5.32 Å². The van der Waals surface area contributed by atoms with Crippen molar-refractivity contribution in [2.75, 3.05) is 6.61 Å². The van der Waals surface area contributed by atoms with E-state index in [4.69, 9.17) is 4.74 Å². The molecule has 0 unspecified atom stereocenters. The fourth-order valence-electron chi connectivity index (χ4n) is 1.87. The maximum atomic E-state index is 11.9. The second-order valence-corrected chi connectivity index (χ2v) is 4.72. The highest BCUT2D eigenvalue weighted by Crippen LogP contribution is 2.07. The van der Waals surface area contributed by atoms with Gasteiger partial charge in [0.1, 0.15) is 5.69 Å². The fraction of sp³-hybridized carbons (Fsp3) is 0.167. The first-order valence-electron chi connectivity index (χ1n) is 7.32. The van der Waals surface area contributed by atoms with Crippen molar-refractivity contribution in [3.63, 3.8) is 0 Å². The zero-order chi connectivity index (χ0) is 16.5. The van der Waals surface area contributed by atoms with Gasteiger partial charge in [-0.15, -0.1) is 0 Å². The number of esters is 1. The summed E-state index contributed by atoms with van der Waals surface area (Å²) in [5, 5.41) is 2.81. The predicted octanol–water partition coefficient (Wildman–Crippen LogP) is 2.59. The summed E-state index contributed by atoms with van der Waals surface area (Å²) in [4.78, 5) is 27.1. The lowest BCUT2D eigenvalue weighted by atomic mass is 10.1.